The topological polar surface area (TPSA) is 29.0 Å². The van der Waals surface area contributed by atoms with Crippen LogP contribution in [-0.4, -0.2) is 28.0 Å². The van der Waals surface area contributed by atoms with Crippen molar-refractivity contribution in [1.82, 2.24) is 14.9 Å². The Bertz CT molecular complexity index is 860. The number of nitrogens with zero attached hydrogens (tertiary/aromatic N) is 3. The second-order valence-electron chi connectivity index (χ2n) is 7.25. The van der Waals surface area contributed by atoms with Crippen LogP contribution in [0.3, 0.4) is 0 Å². The maximum absolute atomic E-state index is 5.01. The first kappa shape index (κ1) is 16.9. The van der Waals surface area contributed by atoms with Crippen molar-refractivity contribution >= 4 is 0 Å². The average molecular weight is 343 g/mol. The predicted octanol–water partition coefficient (Wildman–Crippen LogP) is 4.83. The molecule has 1 aromatic carbocycles. The normalized spacial score (nSPS) is 18.0. The van der Waals surface area contributed by atoms with E-state index in [9.17, 15) is 0 Å². The number of hydrogen-bond acceptors (Lipinski definition) is 3. The molecule has 0 spiro atoms. The Balaban J connectivity index is 1.51. The van der Waals surface area contributed by atoms with Gasteiger partial charge in [-0.1, -0.05) is 29.8 Å². The van der Waals surface area contributed by atoms with Gasteiger partial charge in [-0.05, 0) is 62.2 Å². The lowest BCUT2D eigenvalue weighted by Gasteiger charge is -2.32. The van der Waals surface area contributed by atoms with E-state index < -0.39 is 0 Å². The number of benzene rings is 1. The van der Waals surface area contributed by atoms with E-state index in [2.05, 4.69) is 71.4 Å². The minimum Gasteiger partial charge on any atom is -0.298 e. The Labute approximate surface area is 155 Å². The van der Waals surface area contributed by atoms with Gasteiger partial charge in [-0.2, -0.15) is 0 Å². The van der Waals surface area contributed by atoms with E-state index in [1.807, 2.05) is 12.4 Å². The van der Waals surface area contributed by atoms with Gasteiger partial charge in [0.25, 0.3) is 0 Å². The van der Waals surface area contributed by atoms with Gasteiger partial charge in [0.15, 0.2) is 0 Å². The third-order valence-corrected chi connectivity index (χ3v) is 5.16. The third-order valence-electron chi connectivity index (χ3n) is 5.16. The molecule has 1 aliphatic rings. The number of piperidine rings is 1. The van der Waals surface area contributed by atoms with Gasteiger partial charge in [-0.3, -0.25) is 14.9 Å². The van der Waals surface area contributed by atoms with Crippen LogP contribution in [0.25, 0.3) is 11.3 Å². The lowest BCUT2D eigenvalue weighted by atomic mass is 9.93. The van der Waals surface area contributed by atoms with E-state index in [-0.39, 0.29) is 0 Å². The molecule has 0 radical (unpaired) electrons. The van der Waals surface area contributed by atoms with Gasteiger partial charge in [-0.15, -0.1) is 0 Å². The van der Waals surface area contributed by atoms with Crippen LogP contribution in [0.1, 0.15) is 35.6 Å². The molecular formula is C23H25N3. The number of aryl methyl sites for hydroxylation is 1. The number of hydrogen-bond donors (Lipinski definition) is 0. The summed E-state index contributed by atoms with van der Waals surface area (Å²) < 4.78 is 0. The highest BCUT2D eigenvalue weighted by Gasteiger charge is 2.22. The molecule has 3 nitrogen and oxygen atoms in total. The van der Waals surface area contributed by atoms with E-state index in [1.165, 1.54) is 35.2 Å². The molecule has 1 atom stereocenters. The van der Waals surface area contributed by atoms with E-state index in [4.69, 9.17) is 4.98 Å². The Morgan fingerprint density at radius 2 is 1.88 bits per heavy atom. The Kier molecular flexibility index (Phi) is 5.07. The molecule has 4 rings (SSSR count). The molecule has 0 bridgehead atoms. The van der Waals surface area contributed by atoms with Crippen LogP contribution in [0.5, 0.6) is 0 Å². The summed E-state index contributed by atoms with van der Waals surface area (Å²) >= 11 is 0. The van der Waals surface area contributed by atoms with Crippen LogP contribution < -0.4 is 0 Å². The number of aromatic nitrogens is 2. The molecule has 26 heavy (non-hydrogen) atoms. The van der Waals surface area contributed by atoms with Crippen molar-refractivity contribution in [3.05, 3.63) is 83.8 Å². The molecule has 132 valence electrons. The van der Waals surface area contributed by atoms with Gasteiger partial charge < -0.3 is 0 Å². The smallest absolute Gasteiger partial charge is 0.0705 e. The second kappa shape index (κ2) is 7.79. The van der Waals surface area contributed by atoms with Gasteiger partial charge in [0.2, 0.25) is 0 Å². The van der Waals surface area contributed by atoms with Gasteiger partial charge in [0, 0.05) is 42.7 Å². The fourth-order valence-corrected chi connectivity index (χ4v) is 3.83. The zero-order valence-electron chi connectivity index (χ0n) is 15.3. The van der Waals surface area contributed by atoms with Crippen LogP contribution >= 0.6 is 0 Å². The monoisotopic (exact) mass is 343 g/mol. The molecule has 0 N–H and O–H groups in total. The molecule has 1 saturated heterocycles. The zero-order chi connectivity index (χ0) is 17.8. The van der Waals surface area contributed by atoms with Crippen LogP contribution in [-0.2, 0) is 6.54 Å². The fourth-order valence-electron chi connectivity index (χ4n) is 3.83. The third kappa shape index (κ3) is 4.00. The molecular weight excluding hydrogens is 318 g/mol. The molecule has 3 heteroatoms. The highest BCUT2D eigenvalue weighted by atomic mass is 15.1. The molecule has 2 aromatic heterocycles. The highest BCUT2D eigenvalue weighted by molar-refractivity contribution is 5.60. The first-order valence-electron chi connectivity index (χ1n) is 9.43. The van der Waals surface area contributed by atoms with E-state index in [0.717, 1.165) is 25.3 Å². The van der Waals surface area contributed by atoms with E-state index >= 15 is 0 Å². The molecule has 0 amide bonds. The number of pyridine rings is 2. The van der Waals surface area contributed by atoms with Gasteiger partial charge >= 0.3 is 0 Å². The summed E-state index contributed by atoms with van der Waals surface area (Å²) in [6.07, 6.45) is 6.20. The number of rotatable bonds is 4. The maximum atomic E-state index is 5.01. The van der Waals surface area contributed by atoms with Crippen molar-refractivity contribution in [2.24, 2.45) is 0 Å². The van der Waals surface area contributed by atoms with Crippen LogP contribution in [0.4, 0.5) is 0 Å². The summed E-state index contributed by atoms with van der Waals surface area (Å²) in [5.74, 6) is 0.510. The fraction of sp³-hybridized carbons (Fsp3) is 0.304. The maximum Gasteiger partial charge on any atom is 0.0705 e. The SMILES string of the molecule is Cc1cccc(-c2cccc([C@H]3CCCN(Cc4ccncc4)C3)n2)c1. The summed E-state index contributed by atoms with van der Waals surface area (Å²) in [5, 5.41) is 0. The summed E-state index contributed by atoms with van der Waals surface area (Å²) in [4.78, 5) is 11.7. The standard InChI is InChI=1S/C23H25N3/c1-18-5-2-6-20(15-18)22-8-3-9-23(25-22)21-7-4-14-26(17-21)16-19-10-12-24-13-11-19/h2-3,5-6,8-13,15,21H,4,7,14,16-17H2,1H3/t21-/m0/s1. The van der Waals surface area contributed by atoms with Crippen LogP contribution in [0.2, 0.25) is 0 Å². The summed E-state index contributed by atoms with van der Waals surface area (Å²) in [6.45, 7) is 5.37. The average Bonchev–Trinajstić information content (AvgIpc) is 2.69. The minimum atomic E-state index is 0.510. The minimum absolute atomic E-state index is 0.510. The lowest BCUT2D eigenvalue weighted by Crippen LogP contribution is -2.34. The predicted molar refractivity (Wildman–Crippen MR) is 106 cm³/mol. The molecule has 3 heterocycles. The molecule has 3 aromatic rings. The Morgan fingerprint density at radius 1 is 1.04 bits per heavy atom. The van der Waals surface area contributed by atoms with Crippen molar-refractivity contribution in [3.8, 4) is 11.3 Å². The van der Waals surface area contributed by atoms with Crippen LogP contribution in [0.15, 0.2) is 67.0 Å². The molecule has 0 aliphatic carbocycles. The van der Waals surface area contributed by atoms with Crippen molar-refractivity contribution in [2.45, 2.75) is 32.2 Å². The van der Waals surface area contributed by atoms with Crippen molar-refractivity contribution in [1.29, 1.82) is 0 Å². The van der Waals surface area contributed by atoms with E-state index in [0.29, 0.717) is 5.92 Å². The molecule has 0 saturated carbocycles. The molecule has 1 aliphatic heterocycles. The Morgan fingerprint density at radius 3 is 2.73 bits per heavy atom. The van der Waals surface area contributed by atoms with Gasteiger partial charge in [-0.25, -0.2) is 0 Å². The first-order chi connectivity index (χ1) is 12.8. The van der Waals surface area contributed by atoms with Crippen molar-refractivity contribution < 1.29 is 0 Å². The lowest BCUT2D eigenvalue weighted by molar-refractivity contribution is 0.198. The van der Waals surface area contributed by atoms with Crippen molar-refractivity contribution in [2.75, 3.05) is 13.1 Å². The summed E-state index contributed by atoms with van der Waals surface area (Å²) in [7, 11) is 0. The van der Waals surface area contributed by atoms with Gasteiger partial charge in [0.05, 0.1) is 5.69 Å². The summed E-state index contributed by atoms with van der Waals surface area (Å²) in [6, 6.07) is 19.3. The highest BCUT2D eigenvalue weighted by Crippen LogP contribution is 2.28. The second-order valence-corrected chi connectivity index (χ2v) is 7.25. The van der Waals surface area contributed by atoms with Gasteiger partial charge in [0.1, 0.15) is 0 Å². The zero-order valence-corrected chi connectivity index (χ0v) is 15.3. The quantitative estimate of drug-likeness (QED) is 0.679. The Hall–Kier alpha value is -2.52. The molecule has 0 unspecified atom stereocenters. The van der Waals surface area contributed by atoms with Crippen LogP contribution in [0, 0.1) is 6.92 Å². The largest absolute Gasteiger partial charge is 0.298 e. The number of likely N-dealkylation sites (tertiary alicyclic amines) is 1. The van der Waals surface area contributed by atoms with Crippen molar-refractivity contribution in [3.63, 3.8) is 0 Å². The van der Waals surface area contributed by atoms with E-state index in [1.54, 1.807) is 0 Å². The first-order valence-corrected chi connectivity index (χ1v) is 9.43. The summed E-state index contributed by atoms with van der Waals surface area (Å²) in [5.41, 5.74) is 6.12. The molecule has 1 fully saturated rings.